The average Bonchev–Trinajstić information content (AvgIpc) is 2.40. The van der Waals surface area contributed by atoms with E-state index in [0.717, 1.165) is 4.47 Å². The van der Waals surface area contributed by atoms with E-state index in [1.807, 2.05) is 0 Å². The van der Waals surface area contributed by atoms with Gasteiger partial charge in [-0.3, -0.25) is 4.79 Å². The molecule has 0 spiro atoms. The van der Waals surface area contributed by atoms with Crippen LogP contribution in [0, 0.1) is 0 Å². The Morgan fingerprint density at radius 2 is 1.62 bits per heavy atom. The lowest BCUT2D eigenvalue weighted by Gasteiger charge is -2.10. The van der Waals surface area contributed by atoms with E-state index in [0.29, 0.717) is 4.47 Å². The van der Waals surface area contributed by atoms with E-state index >= 15 is 0 Å². The second kappa shape index (κ2) is 6.60. The first-order valence-corrected chi connectivity index (χ1v) is 7.64. The Kier molecular flexibility index (Phi) is 5.03. The number of rotatable bonds is 3. The molecule has 108 valence electrons. The molecule has 0 heterocycles. The number of anilines is 1. The number of aromatic carboxylic acids is 1. The molecule has 0 radical (unpaired) electrons. The fraction of sp³-hybridized carbons (Fsp3) is 0. The van der Waals surface area contributed by atoms with Crippen LogP contribution in [0.1, 0.15) is 20.7 Å². The summed E-state index contributed by atoms with van der Waals surface area (Å²) in [5, 5.41) is 12.0. The molecule has 2 aromatic carbocycles. The Hall–Kier alpha value is -1.37. The maximum atomic E-state index is 12.2. The Labute approximate surface area is 142 Å². The molecule has 0 aliphatic rings. The van der Waals surface area contributed by atoms with E-state index in [1.54, 1.807) is 24.3 Å². The van der Waals surface area contributed by atoms with Crippen molar-refractivity contribution in [1.82, 2.24) is 0 Å². The third kappa shape index (κ3) is 3.84. The molecule has 2 rings (SSSR count). The van der Waals surface area contributed by atoms with E-state index in [-0.39, 0.29) is 21.8 Å². The number of benzene rings is 2. The highest BCUT2D eigenvalue weighted by molar-refractivity contribution is 9.10. The predicted molar refractivity (Wildman–Crippen MR) is 88.2 cm³/mol. The van der Waals surface area contributed by atoms with Gasteiger partial charge in [-0.15, -0.1) is 0 Å². The van der Waals surface area contributed by atoms with Crippen molar-refractivity contribution >= 4 is 61.0 Å². The number of carbonyl (C=O) groups excluding carboxylic acids is 1. The van der Waals surface area contributed by atoms with E-state index in [1.165, 1.54) is 12.1 Å². The van der Waals surface area contributed by atoms with E-state index in [2.05, 4.69) is 37.2 Å². The summed E-state index contributed by atoms with van der Waals surface area (Å²) in [5.74, 6) is -1.61. The first-order chi connectivity index (χ1) is 9.88. The van der Waals surface area contributed by atoms with Crippen LogP contribution in [0.25, 0.3) is 0 Å². The van der Waals surface area contributed by atoms with E-state index in [9.17, 15) is 9.59 Å². The van der Waals surface area contributed by atoms with Crippen molar-refractivity contribution in [3.8, 4) is 0 Å². The molecule has 0 aromatic heterocycles. The summed E-state index contributed by atoms with van der Waals surface area (Å²) < 4.78 is 1.36. The standard InChI is InChI=1S/C14H8Br2ClNO3/c15-7-2-4-12(10(5-7)14(20)21)18-13(19)9-3-1-8(16)6-11(9)17/h1-6H,(H,18,19)(H,20,21). The third-order valence-corrected chi connectivity index (χ3v) is 3.94. The van der Waals surface area contributed by atoms with Crippen molar-refractivity contribution in [2.24, 2.45) is 0 Å². The highest BCUT2D eigenvalue weighted by Crippen LogP contribution is 2.25. The molecule has 2 aromatic rings. The normalized spacial score (nSPS) is 10.2. The Morgan fingerprint density at radius 1 is 1.00 bits per heavy atom. The van der Waals surface area contributed by atoms with Crippen LogP contribution >= 0.6 is 43.5 Å². The lowest BCUT2D eigenvalue weighted by atomic mass is 10.1. The van der Waals surface area contributed by atoms with Crippen LogP contribution in [0.2, 0.25) is 5.02 Å². The van der Waals surface area contributed by atoms with Crippen LogP contribution in [-0.2, 0) is 0 Å². The van der Waals surface area contributed by atoms with Crippen molar-refractivity contribution in [3.05, 3.63) is 61.5 Å². The van der Waals surface area contributed by atoms with Crippen molar-refractivity contribution < 1.29 is 14.7 Å². The SMILES string of the molecule is O=C(Nc1ccc(Br)cc1C(=O)O)c1ccc(Br)cc1Cl. The fourth-order valence-corrected chi connectivity index (χ4v) is 2.79. The quantitative estimate of drug-likeness (QED) is 0.730. The highest BCUT2D eigenvalue weighted by atomic mass is 79.9. The summed E-state index contributed by atoms with van der Waals surface area (Å²) >= 11 is 12.4. The van der Waals surface area contributed by atoms with Crippen LogP contribution in [0.4, 0.5) is 5.69 Å². The Morgan fingerprint density at radius 3 is 2.24 bits per heavy atom. The summed E-state index contributed by atoms with van der Waals surface area (Å²) in [5.41, 5.74) is 0.458. The number of hydrogen-bond acceptors (Lipinski definition) is 2. The number of hydrogen-bond donors (Lipinski definition) is 2. The van der Waals surface area contributed by atoms with Crippen LogP contribution in [0.3, 0.4) is 0 Å². The molecule has 21 heavy (non-hydrogen) atoms. The maximum Gasteiger partial charge on any atom is 0.337 e. The first-order valence-electron chi connectivity index (χ1n) is 5.67. The van der Waals surface area contributed by atoms with Crippen LogP contribution in [-0.4, -0.2) is 17.0 Å². The molecule has 7 heteroatoms. The van der Waals surface area contributed by atoms with Gasteiger partial charge in [-0.1, -0.05) is 43.5 Å². The molecule has 0 bridgehead atoms. The summed E-state index contributed by atoms with van der Waals surface area (Å²) in [6.07, 6.45) is 0. The van der Waals surface area contributed by atoms with Crippen molar-refractivity contribution in [1.29, 1.82) is 0 Å². The first kappa shape index (κ1) is 16.0. The van der Waals surface area contributed by atoms with Gasteiger partial charge in [-0.05, 0) is 36.4 Å². The smallest absolute Gasteiger partial charge is 0.337 e. The number of nitrogens with one attached hydrogen (secondary N) is 1. The molecular weight excluding hydrogens is 425 g/mol. The number of carbonyl (C=O) groups is 2. The number of carboxylic acids is 1. The fourth-order valence-electron chi connectivity index (χ4n) is 1.67. The summed E-state index contributed by atoms with van der Waals surface area (Å²) in [4.78, 5) is 23.4. The second-order valence-corrected chi connectivity index (χ2v) is 6.31. The molecule has 0 saturated heterocycles. The lowest BCUT2D eigenvalue weighted by molar-refractivity contribution is 0.0698. The monoisotopic (exact) mass is 431 g/mol. The largest absolute Gasteiger partial charge is 0.478 e. The van der Waals surface area contributed by atoms with Gasteiger partial charge >= 0.3 is 5.97 Å². The maximum absolute atomic E-state index is 12.2. The molecule has 2 N–H and O–H groups in total. The lowest BCUT2D eigenvalue weighted by Crippen LogP contribution is -2.15. The van der Waals surface area contributed by atoms with Gasteiger partial charge < -0.3 is 10.4 Å². The summed E-state index contributed by atoms with van der Waals surface area (Å²) in [6.45, 7) is 0. The molecule has 4 nitrogen and oxygen atoms in total. The second-order valence-electron chi connectivity index (χ2n) is 4.07. The molecule has 0 aliphatic carbocycles. The van der Waals surface area contributed by atoms with Gasteiger partial charge in [0.1, 0.15) is 0 Å². The zero-order valence-electron chi connectivity index (χ0n) is 10.4. The molecule has 0 fully saturated rings. The molecule has 0 atom stereocenters. The van der Waals surface area contributed by atoms with Crippen molar-refractivity contribution in [3.63, 3.8) is 0 Å². The zero-order valence-corrected chi connectivity index (χ0v) is 14.3. The molecule has 1 amide bonds. The van der Waals surface area contributed by atoms with Gasteiger partial charge in [-0.2, -0.15) is 0 Å². The topological polar surface area (TPSA) is 66.4 Å². The summed E-state index contributed by atoms with van der Waals surface area (Å²) in [7, 11) is 0. The van der Waals surface area contributed by atoms with E-state index < -0.39 is 11.9 Å². The predicted octanol–water partition coefficient (Wildman–Crippen LogP) is 4.82. The molecular formula is C14H8Br2ClNO3. The minimum Gasteiger partial charge on any atom is -0.478 e. The van der Waals surface area contributed by atoms with Crippen LogP contribution < -0.4 is 5.32 Å². The molecule has 0 unspecified atom stereocenters. The van der Waals surface area contributed by atoms with Crippen LogP contribution in [0.5, 0.6) is 0 Å². The van der Waals surface area contributed by atoms with Gasteiger partial charge in [0.05, 0.1) is 21.8 Å². The molecule has 0 saturated carbocycles. The van der Waals surface area contributed by atoms with Gasteiger partial charge in [0.2, 0.25) is 0 Å². The third-order valence-electron chi connectivity index (χ3n) is 2.64. The van der Waals surface area contributed by atoms with Gasteiger partial charge in [0.15, 0.2) is 0 Å². The van der Waals surface area contributed by atoms with Crippen molar-refractivity contribution in [2.75, 3.05) is 5.32 Å². The minimum atomic E-state index is -1.13. The van der Waals surface area contributed by atoms with Crippen LogP contribution in [0.15, 0.2) is 45.3 Å². The van der Waals surface area contributed by atoms with Gasteiger partial charge in [0.25, 0.3) is 5.91 Å². The Balaban J connectivity index is 2.34. The zero-order chi connectivity index (χ0) is 15.6. The van der Waals surface area contributed by atoms with Crippen molar-refractivity contribution in [2.45, 2.75) is 0 Å². The number of halogens is 3. The van der Waals surface area contributed by atoms with Gasteiger partial charge in [0, 0.05) is 8.95 Å². The number of carboxylic acid groups (broad SMARTS) is 1. The highest BCUT2D eigenvalue weighted by Gasteiger charge is 2.16. The van der Waals surface area contributed by atoms with E-state index in [4.69, 9.17) is 16.7 Å². The summed E-state index contributed by atoms with van der Waals surface area (Å²) in [6, 6.07) is 9.41. The Bertz CT molecular complexity index is 734. The molecule has 0 aliphatic heterocycles. The average molecular weight is 433 g/mol. The minimum absolute atomic E-state index is 0.00837. The van der Waals surface area contributed by atoms with Gasteiger partial charge in [-0.25, -0.2) is 4.79 Å². The number of amides is 1.